The molecule has 0 aliphatic heterocycles. The zero-order valence-corrected chi connectivity index (χ0v) is 20.6. The molecule has 3 aromatic rings. The molecule has 0 heterocycles. The molecule has 0 spiro atoms. The minimum absolute atomic E-state index is 0.172. The smallest absolute Gasteiger partial charge is 0.319 e. The van der Waals surface area contributed by atoms with Crippen molar-refractivity contribution in [3.63, 3.8) is 0 Å². The molecule has 33 heavy (non-hydrogen) atoms. The summed E-state index contributed by atoms with van der Waals surface area (Å²) in [7, 11) is 0. The molecule has 0 aliphatic rings. The van der Waals surface area contributed by atoms with E-state index >= 15 is 0 Å². The highest BCUT2D eigenvalue weighted by Gasteiger charge is 2.25. The van der Waals surface area contributed by atoms with Gasteiger partial charge in [-0.1, -0.05) is 65.7 Å². The summed E-state index contributed by atoms with van der Waals surface area (Å²) in [6, 6.07) is 25.5. The lowest BCUT2D eigenvalue weighted by atomic mass is 10.1. The molecule has 0 aliphatic carbocycles. The van der Waals surface area contributed by atoms with Gasteiger partial charge >= 0.3 is 6.03 Å². The lowest BCUT2D eigenvalue weighted by Gasteiger charge is -2.38. The average molecular weight is 485 g/mol. The van der Waals surface area contributed by atoms with Crippen LogP contribution < -0.4 is 10.6 Å². The Morgan fingerprint density at radius 3 is 2.03 bits per heavy atom. The van der Waals surface area contributed by atoms with Gasteiger partial charge in [0.1, 0.15) is 6.54 Å². The fourth-order valence-electron chi connectivity index (χ4n) is 4.01. The molecule has 0 saturated carbocycles. The monoisotopic (exact) mass is 484 g/mol. The van der Waals surface area contributed by atoms with Crippen LogP contribution in [0.2, 0.25) is 10.0 Å². The number of amides is 2. The largest absolute Gasteiger partial charge is 0.338 e. The number of rotatable bonds is 11. The summed E-state index contributed by atoms with van der Waals surface area (Å²) >= 11 is 12.2. The van der Waals surface area contributed by atoms with E-state index in [1.165, 1.54) is 11.1 Å². The maximum Gasteiger partial charge on any atom is 0.319 e. The molecule has 3 aromatic carbocycles. The first-order valence-electron chi connectivity index (χ1n) is 11.4. The number of carbonyl (C=O) groups excluding carboxylic acids is 1. The van der Waals surface area contributed by atoms with Gasteiger partial charge in [0.05, 0.1) is 19.6 Å². The molecule has 1 unspecified atom stereocenters. The Labute approximate surface area is 207 Å². The van der Waals surface area contributed by atoms with Crippen LogP contribution in [0.1, 0.15) is 24.5 Å². The zero-order chi connectivity index (χ0) is 23.5. The van der Waals surface area contributed by atoms with Crippen LogP contribution >= 0.6 is 23.2 Å². The van der Waals surface area contributed by atoms with Crippen LogP contribution in [0, 0.1) is 0 Å². The second kappa shape index (κ2) is 12.6. The zero-order valence-electron chi connectivity index (χ0n) is 19.1. The van der Waals surface area contributed by atoms with E-state index in [-0.39, 0.29) is 6.03 Å². The Bertz CT molecular complexity index is 994. The number of anilines is 1. The third-order valence-corrected chi connectivity index (χ3v) is 6.52. The highest BCUT2D eigenvalue weighted by Crippen LogP contribution is 2.20. The van der Waals surface area contributed by atoms with Gasteiger partial charge < -0.3 is 15.1 Å². The maximum atomic E-state index is 12.2. The summed E-state index contributed by atoms with van der Waals surface area (Å²) < 4.78 is 0.937. The number of hydrogen-bond acceptors (Lipinski definition) is 1. The van der Waals surface area contributed by atoms with E-state index in [9.17, 15) is 4.79 Å². The Morgan fingerprint density at radius 2 is 1.42 bits per heavy atom. The first-order chi connectivity index (χ1) is 16.0. The fraction of sp³-hybridized carbons (Fsp3) is 0.296. The van der Waals surface area contributed by atoms with E-state index in [1.807, 2.05) is 54.6 Å². The number of hydrogen-bond donors (Lipinski definition) is 2. The van der Waals surface area contributed by atoms with E-state index < -0.39 is 0 Å². The van der Waals surface area contributed by atoms with Crippen LogP contribution in [0.15, 0.2) is 78.9 Å². The Morgan fingerprint density at radius 1 is 0.818 bits per heavy atom. The van der Waals surface area contributed by atoms with E-state index in [4.69, 9.17) is 23.2 Å². The predicted octanol–water partition coefficient (Wildman–Crippen LogP) is 6.78. The van der Waals surface area contributed by atoms with Gasteiger partial charge in [-0.15, -0.1) is 0 Å². The molecule has 0 radical (unpaired) electrons. The first-order valence-corrected chi connectivity index (χ1v) is 12.2. The first kappa shape index (κ1) is 25.1. The standard InChI is InChI=1S/C27H31Cl2N3O/c1-2-32(21-23-11-15-25(29)16-12-23,20-17-22-9-13-24(28)14-10-22)19-6-18-30-27(33)31-26-7-4-3-5-8-26/h3-5,7-16H,2,6,17-21H2,1H3,(H-,30,31,33)/p+1. The molecule has 4 nitrogen and oxygen atoms in total. The van der Waals surface area contributed by atoms with Crippen molar-refractivity contribution < 1.29 is 9.28 Å². The highest BCUT2D eigenvalue weighted by molar-refractivity contribution is 6.30. The SMILES string of the molecule is CC[N+](CCCNC(=O)Nc1ccccc1)(CCc1ccc(Cl)cc1)Cc1ccc(Cl)cc1. The van der Waals surface area contributed by atoms with Crippen LogP contribution in [-0.2, 0) is 13.0 Å². The normalized spacial score (nSPS) is 12.7. The minimum Gasteiger partial charge on any atom is -0.338 e. The third kappa shape index (κ3) is 8.39. The van der Waals surface area contributed by atoms with Gasteiger partial charge in [0.25, 0.3) is 0 Å². The maximum absolute atomic E-state index is 12.2. The summed E-state index contributed by atoms with van der Waals surface area (Å²) in [6.07, 6.45) is 1.87. The Balaban J connectivity index is 1.60. The number of benzene rings is 3. The number of quaternary nitrogens is 1. The summed E-state index contributed by atoms with van der Waals surface area (Å²) in [4.78, 5) is 12.2. The van der Waals surface area contributed by atoms with Crippen molar-refractivity contribution in [2.45, 2.75) is 26.3 Å². The summed E-state index contributed by atoms with van der Waals surface area (Å²) in [5.74, 6) is 0. The van der Waals surface area contributed by atoms with Crippen molar-refractivity contribution in [1.82, 2.24) is 5.32 Å². The predicted molar refractivity (Wildman–Crippen MR) is 139 cm³/mol. The quantitative estimate of drug-likeness (QED) is 0.228. The van der Waals surface area contributed by atoms with Gasteiger partial charge in [-0.05, 0) is 48.9 Å². The number of nitrogens with one attached hydrogen (secondary N) is 2. The summed E-state index contributed by atoms with van der Waals surface area (Å²) in [5.41, 5.74) is 3.35. The number of halogens is 2. The molecule has 0 aromatic heterocycles. The number of para-hydroxylation sites is 1. The number of urea groups is 1. The van der Waals surface area contributed by atoms with E-state index in [0.717, 1.165) is 59.2 Å². The molecule has 0 bridgehead atoms. The van der Waals surface area contributed by atoms with Crippen LogP contribution in [0.5, 0.6) is 0 Å². The highest BCUT2D eigenvalue weighted by atomic mass is 35.5. The number of likely N-dealkylation sites (N-methyl/N-ethyl adjacent to an activating group) is 1. The Kier molecular flexibility index (Phi) is 9.61. The van der Waals surface area contributed by atoms with Crippen molar-refractivity contribution in [3.05, 3.63) is 100 Å². The molecule has 0 fully saturated rings. The van der Waals surface area contributed by atoms with Gasteiger partial charge in [0, 0.05) is 40.7 Å². The second-order valence-corrected chi connectivity index (χ2v) is 9.24. The molecule has 2 amide bonds. The van der Waals surface area contributed by atoms with Gasteiger partial charge in [-0.2, -0.15) is 0 Å². The van der Waals surface area contributed by atoms with Crippen LogP contribution in [-0.4, -0.2) is 36.7 Å². The molecule has 1 atom stereocenters. The van der Waals surface area contributed by atoms with Gasteiger partial charge in [0.15, 0.2) is 0 Å². The molecule has 3 rings (SSSR count). The van der Waals surface area contributed by atoms with Crippen LogP contribution in [0.3, 0.4) is 0 Å². The lowest BCUT2D eigenvalue weighted by Crippen LogP contribution is -2.50. The van der Waals surface area contributed by atoms with Crippen molar-refractivity contribution in [3.8, 4) is 0 Å². The minimum atomic E-state index is -0.172. The molecule has 6 heteroatoms. The van der Waals surface area contributed by atoms with E-state index in [2.05, 4.69) is 41.8 Å². The van der Waals surface area contributed by atoms with Crippen molar-refractivity contribution >= 4 is 34.9 Å². The Hall–Kier alpha value is -2.53. The van der Waals surface area contributed by atoms with E-state index in [1.54, 1.807) is 0 Å². The topological polar surface area (TPSA) is 41.1 Å². The molecular formula is C27H32Cl2N3O+. The van der Waals surface area contributed by atoms with Crippen molar-refractivity contribution in [1.29, 1.82) is 0 Å². The summed E-state index contributed by atoms with van der Waals surface area (Å²) in [5, 5.41) is 7.37. The third-order valence-electron chi connectivity index (χ3n) is 6.02. The van der Waals surface area contributed by atoms with Gasteiger partial charge in [-0.25, -0.2) is 4.79 Å². The molecule has 2 N–H and O–H groups in total. The molecule has 0 saturated heterocycles. The number of carbonyl (C=O) groups is 1. The lowest BCUT2D eigenvalue weighted by molar-refractivity contribution is -0.939. The molecular weight excluding hydrogens is 453 g/mol. The number of nitrogens with zero attached hydrogens (tertiary/aromatic N) is 1. The van der Waals surface area contributed by atoms with Gasteiger partial charge in [-0.3, -0.25) is 0 Å². The fourth-order valence-corrected chi connectivity index (χ4v) is 4.26. The van der Waals surface area contributed by atoms with E-state index in [0.29, 0.717) is 6.54 Å². The van der Waals surface area contributed by atoms with Crippen LogP contribution in [0.4, 0.5) is 10.5 Å². The summed E-state index contributed by atoms with van der Waals surface area (Å²) in [6.45, 7) is 6.78. The average Bonchev–Trinajstić information content (AvgIpc) is 2.83. The van der Waals surface area contributed by atoms with Gasteiger partial charge in [0.2, 0.25) is 0 Å². The van der Waals surface area contributed by atoms with Crippen molar-refractivity contribution in [2.75, 3.05) is 31.5 Å². The second-order valence-electron chi connectivity index (χ2n) is 8.37. The molecule has 174 valence electrons. The van der Waals surface area contributed by atoms with Crippen LogP contribution in [0.25, 0.3) is 0 Å². The van der Waals surface area contributed by atoms with Crippen molar-refractivity contribution in [2.24, 2.45) is 0 Å².